The zero-order chi connectivity index (χ0) is 17.9. The van der Waals surface area contributed by atoms with Gasteiger partial charge >= 0.3 is 0 Å². The van der Waals surface area contributed by atoms with Gasteiger partial charge in [-0.15, -0.1) is 0 Å². The number of ether oxygens (including phenoxy) is 1. The first-order valence-corrected chi connectivity index (χ1v) is 9.03. The van der Waals surface area contributed by atoms with Crippen LogP contribution in [0.3, 0.4) is 0 Å². The lowest BCUT2D eigenvalue weighted by molar-refractivity contribution is 0.153. The average Bonchev–Trinajstić information content (AvgIpc) is 3.25. The van der Waals surface area contributed by atoms with E-state index in [9.17, 15) is 0 Å². The highest BCUT2D eigenvalue weighted by molar-refractivity contribution is 5.16. The Morgan fingerprint density at radius 2 is 2.23 bits per heavy atom. The van der Waals surface area contributed by atoms with Gasteiger partial charge in [-0.1, -0.05) is 0 Å². The van der Waals surface area contributed by atoms with Crippen LogP contribution in [-0.2, 0) is 19.5 Å². The minimum Gasteiger partial charge on any atom is -0.492 e. The van der Waals surface area contributed by atoms with Crippen LogP contribution in [0.25, 0.3) is 0 Å². The second-order valence-corrected chi connectivity index (χ2v) is 6.74. The quantitative estimate of drug-likeness (QED) is 0.738. The van der Waals surface area contributed by atoms with Crippen LogP contribution in [-0.4, -0.2) is 42.8 Å². The third-order valence-electron chi connectivity index (χ3n) is 4.89. The molecule has 1 atom stereocenters. The molecule has 0 amide bonds. The first kappa shape index (κ1) is 16.8. The van der Waals surface area contributed by atoms with Crippen LogP contribution in [0.2, 0.25) is 0 Å². The van der Waals surface area contributed by atoms with E-state index in [2.05, 4.69) is 42.6 Å². The SMILES string of the molecule is Cc1cc(CN2CCn3c(CCOc4cccnc4)cnc3[C@@H]2C)n[nH]1. The van der Waals surface area contributed by atoms with Crippen LogP contribution >= 0.6 is 0 Å². The Bertz CT molecular complexity index is 856. The molecule has 0 spiro atoms. The van der Waals surface area contributed by atoms with Crippen LogP contribution in [0.1, 0.15) is 35.9 Å². The minimum absolute atomic E-state index is 0.272. The summed E-state index contributed by atoms with van der Waals surface area (Å²) in [6, 6.07) is 6.19. The first-order chi connectivity index (χ1) is 12.7. The Kier molecular flexibility index (Phi) is 4.71. The summed E-state index contributed by atoms with van der Waals surface area (Å²) >= 11 is 0. The smallest absolute Gasteiger partial charge is 0.137 e. The number of pyridine rings is 1. The number of imidazole rings is 1. The molecule has 3 aromatic heterocycles. The zero-order valence-electron chi connectivity index (χ0n) is 15.2. The highest BCUT2D eigenvalue weighted by Crippen LogP contribution is 2.26. The molecule has 1 N–H and O–H groups in total. The van der Waals surface area contributed by atoms with Crippen molar-refractivity contribution in [2.75, 3.05) is 13.2 Å². The number of fused-ring (bicyclic) bond motifs is 1. The van der Waals surface area contributed by atoms with Crippen LogP contribution in [0.15, 0.2) is 36.8 Å². The lowest BCUT2D eigenvalue weighted by Crippen LogP contribution is -2.37. The van der Waals surface area contributed by atoms with Crippen LogP contribution in [0, 0.1) is 6.92 Å². The van der Waals surface area contributed by atoms with E-state index in [-0.39, 0.29) is 6.04 Å². The van der Waals surface area contributed by atoms with Gasteiger partial charge < -0.3 is 9.30 Å². The fraction of sp³-hybridized carbons (Fsp3) is 0.421. The van der Waals surface area contributed by atoms with Crippen LogP contribution in [0.5, 0.6) is 5.75 Å². The number of aromatic amines is 1. The van der Waals surface area contributed by atoms with Gasteiger partial charge in [-0.25, -0.2) is 4.98 Å². The van der Waals surface area contributed by atoms with Gasteiger partial charge in [-0.3, -0.25) is 15.0 Å². The van der Waals surface area contributed by atoms with E-state index >= 15 is 0 Å². The van der Waals surface area contributed by atoms with Crippen molar-refractivity contribution in [1.29, 1.82) is 0 Å². The fourth-order valence-electron chi connectivity index (χ4n) is 3.49. The molecule has 0 saturated carbocycles. The molecule has 0 fully saturated rings. The second-order valence-electron chi connectivity index (χ2n) is 6.74. The zero-order valence-corrected chi connectivity index (χ0v) is 15.2. The molecule has 0 radical (unpaired) electrons. The first-order valence-electron chi connectivity index (χ1n) is 9.03. The summed E-state index contributed by atoms with van der Waals surface area (Å²) < 4.78 is 8.11. The number of aryl methyl sites for hydroxylation is 1. The average molecular weight is 352 g/mol. The van der Waals surface area contributed by atoms with Gasteiger partial charge in [0.1, 0.15) is 11.6 Å². The van der Waals surface area contributed by atoms with E-state index in [0.717, 1.165) is 49.0 Å². The summed E-state index contributed by atoms with van der Waals surface area (Å²) in [7, 11) is 0. The fourth-order valence-corrected chi connectivity index (χ4v) is 3.49. The summed E-state index contributed by atoms with van der Waals surface area (Å²) in [6.07, 6.45) is 6.31. The van der Waals surface area contributed by atoms with E-state index in [1.165, 1.54) is 5.69 Å². The molecule has 0 saturated heterocycles. The molecule has 3 aromatic rings. The third-order valence-corrected chi connectivity index (χ3v) is 4.89. The minimum atomic E-state index is 0.272. The number of rotatable bonds is 6. The number of aromatic nitrogens is 5. The van der Waals surface area contributed by atoms with Crippen LogP contribution < -0.4 is 4.74 Å². The Balaban J connectivity index is 1.39. The monoisotopic (exact) mass is 352 g/mol. The van der Waals surface area contributed by atoms with E-state index in [4.69, 9.17) is 4.74 Å². The highest BCUT2D eigenvalue weighted by atomic mass is 16.5. The number of nitrogens with zero attached hydrogens (tertiary/aromatic N) is 5. The van der Waals surface area contributed by atoms with Gasteiger partial charge in [0.2, 0.25) is 0 Å². The van der Waals surface area contributed by atoms with Crippen LogP contribution in [0.4, 0.5) is 0 Å². The van der Waals surface area contributed by atoms with Gasteiger partial charge in [0.05, 0.1) is 24.5 Å². The van der Waals surface area contributed by atoms with Crippen molar-refractivity contribution < 1.29 is 4.74 Å². The molecule has 0 bridgehead atoms. The molecule has 0 unspecified atom stereocenters. The van der Waals surface area contributed by atoms with Crippen molar-refractivity contribution in [3.8, 4) is 5.75 Å². The predicted molar refractivity (Wildman–Crippen MR) is 97.8 cm³/mol. The third kappa shape index (κ3) is 3.48. The van der Waals surface area contributed by atoms with Crippen molar-refractivity contribution in [3.63, 3.8) is 0 Å². The highest BCUT2D eigenvalue weighted by Gasteiger charge is 2.27. The second kappa shape index (κ2) is 7.29. The van der Waals surface area contributed by atoms with E-state index in [1.807, 2.05) is 25.3 Å². The maximum atomic E-state index is 5.77. The number of H-pyrrole nitrogens is 1. The summed E-state index contributed by atoms with van der Waals surface area (Å²) in [5.74, 6) is 1.93. The molecule has 1 aliphatic heterocycles. The Morgan fingerprint density at radius 3 is 3.00 bits per heavy atom. The Labute approximate surface area is 153 Å². The normalized spacial score (nSPS) is 17.2. The van der Waals surface area contributed by atoms with E-state index in [1.54, 1.807) is 12.4 Å². The van der Waals surface area contributed by atoms with Gasteiger partial charge in [-0.2, -0.15) is 5.10 Å². The molecule has 7 heteroatoms. The maximum absolute atomic E-state index is 5.77. The lowest BCUT2D eigenvalue weighted by atomic mass is 10.2. The summed E-state index contributed by atoms with van der Waals surface area (Å²) in [5.41, 5.74) is 3.41. The molecule has 4 rings (SSSR count). The van der Waals surface area contributed by atoms with Crippen molar-refractivity contribution >= 4 is 0 Å². The predicted octanol–water partition coefficient (Wildman–Crippen LogP) is 2.51. The molecule has 26 heavy (non-hydrogen) atoms. The lowest BCUT2D eigenvalue weighted by Gasteiger charge is -2.33. The van der Waals surface area contributed by atoms with Gasteiger partial charge in [0.25, 0.3) is 0 Å². The van der Waals surface area contributed by atoms with Gasteiger partial charge in [0.15, 0.2) is 0 Å². The standard InChI is InChI=1S/C19H24N6O/c1-14-10-16(23-22-14)13-24-7-8-25-17(11-21-19(25)15(24)2)5-9-26-18-4-3-6-20-12-18/h3-4,6,10-12,15H,5,7-9,13H2,1-2H3,(H,22,23)/t15-/m0/s1. The van der Waals surface area contributed by atoms with Crippen molar-refractivity contribution in [3.05, 3.63) is 59.7 Å². The number of hydrogen-bond donors (Lipinski definition) is 1. The molecule has 4 heterocycles. The molecule has 0 aliphatic carbocycles. The summed E-state index contributed by atoms with van der Waals surface area (Å²) in [6.45, 7) is 7.66. The Hall–Kier alpha value is -2.67. The van der Waals surface area contributed by atoms with Crippen molar-refractivity contribution in [2.45, 2.75) is 39.4 Å². The molecular formula is C19H24N6O. The molecule has 7 nitrogen and oxygen atoms in total. The van der Waals surface area contributed by atoms with Crippen molar-refractivity contribution in [1.82, 2.24) is 29.6 Å². The molecular weight excluding hydrogens is 328 g/mol. The summed E-state index contributed by atoms with van der Waals surface area (Å²) in [4.78, 5) is 11.2. The Morgan fingerprint density at radius 1 is 1.31 bits per heavy atom. The molecule has 1 aliphatic rings. The van der Waals surface area contributed by atoms with Crippen molar-refractivity contribution in [2.24, 2.45) is 0 Å². The number of nitrogens with one attached hydrogen (secondary N) is 1. The summed E-state index contributed by atoms with van der Waals surface area (Å²) in [5, 5.41) is 7.38. The maximum Gasteiger partial charge on any atom is 0.137 e. The molecule has 0 aromatic carbocycles. The van der Waals surface area contributed by atoms with E-state index in [0.29, 0.717) is 6.61 Å². The van der Waals surface area contributed by atoms with Gasteiger partial charge in [0, 0.05) is 49.8 Å². The van der Waals surface area contributed by atoms with E-state index < -0.39 is 0 Å². The van der Waals surface area contributed by atoms with Gasteiger partial charge in [-0.05, 0) is 32.0 Å². The largest absolute Gasteiger partial charge is 0.492 e. The number of hydrogen-bond acceptors (Lipinski definition) is 5. The topological polar surface area (TPSA) is 71.9 Å². The molecule has 136 valence electrons.